The van der Waals surface area contributed by atoms with Crippen LogP contribution in [0.4, 0.5) is 0 Å². The molecule has 4 nitrogen and oxygen atoms in total. The van der Waals surface area contributed by atoms with Gasteiger partial charge in [-0.15, -0.1) is 11.6 Å². The summed E-state index contributed by atoms with van der Waals surface area (Å²) in [6.45, 7) is 3.92. The van der Waals surface area contributed by atoms with Crippen LogP contribution < -0.4 is 0 Å². The Labute approximate surface area is 117 Å². The molecule has 2 unspecified atom stereocenters. The fourth-order valence-corrected chi connectivity index (χ4v) is 2.89. The van der Waals surface area contributed by atoms with E-state index in [0.29, 0.717) is 17.9 Å². The van der Waals surface area contributed by atoms with Crippen LogP contribution in [0.5, 0.6) is 0 Å². The molecule has 1 aliphatic rings. The number of nitrogens with zero attached hydrogens (tertiary/aromatic N) is 3. The van der Waals surface area contributed by atoms with Crippen LogP contribution in [0.1, 0.15) is 19.2 Å². The Morgan fingerprint density at radius 2 is 2.42 bits per heavy atom. The molecule has 0 aliphatic carbocycles. The fourth-order valence-electron chi connectivity index (χ4n) is 2.72. The van der Waals surface area contributed by atoms with Crippen molar-refractivity contribution in [3.8, 4) is 0 Å². The van der Waals surface area contributed by atoms with Crippen molar-refractivity contribution < 1.29 is 4.74 Å². The summed E-state index contributed by atoms with van der Waals surface area (Å²) in [7, 11) is 0. The van der Waals surface area contributed by atoms with E-state index in [4.69, 9.17) is 16.3 Å². The second-order valence-corrected chi connectivity index (χ2v) is 5.43. The molecule has 0 N–H and O–H groups in total. The van der Waals surface area contributed by atoms with E-state index in [9.17, 15) is 0 Å². The van der Waals surface area contributed by atoms with Gasteiger partial charge in [0, 0.05) is 37.6 Å². The summed E-state index contributed by atoms with van der Waals surface area (Å²) >= 11 is 5.88. The van der Waals surface area contributed by atoms with E-state index in [-0.39, 0.29) is 0 Å². The Bertz CT molecular complexity index is 569. The van der Waals surface area contributed by atoms with Crippen molar-refractivity contribution >= 4 is 22.8 Å². The first-order chi connectivity index (χ1) is 9.29. The minimum Gasteiger partial charge on any atom is -0.378 e. The zero-order chi connectivity index (χ0) is 13.2. The lowest BCUT2D eigenvalue weighted by Crippen LogP contribution is -2.19. The van der Waals surface area contributed by atoms with Crippen LogP contribution in [0.25, 0.3) is 11.2 Å². The van der Waals surface area contributed by atoms with Crippen molar-refractivity contribution in [1.82, 2.24) is 14.5 Å². The minimum atomic E-state index is 0.310. The van der Waals surface area contributed by atoms with Crippen molar-refractivity contribution in [3.05, 3.63) is 24.2 Å². The maximum atomic E-state index is 5.88. The smallest absolute Gasteiger partial charge is 0.159 e. The number of hydrogen-bond acceptors (Lipinski definition) is 3. The number of halogens is 1. The number of aromatic nitrogens is 3. The van der Waals surface area contributed by atoms with Gasteiger partial charge in [0.2, 0.25) is 0 Å². The van der Waals surface area contributed by atoms with E-state index >= 15 is 0 Å². The highest BCUT2D eigenvalue weighted by molar-refractivity contribution is 6.17. The molecule has 2 atom stereocenters. The van der Waals surface area contributed by atoms with Gasteiger partial charge >= 0.3 is 0 Å². The number of fused-ring (bicyclic) bond motifs is 1. The maximum Gasteiger partial charge on any atom is 0.159 e. The molecule has 0 radical (unpaired) electrons. The zero-order valence-electron chi connectivity index (χ0n) is 11.1. The summed E-state index contributed by atoms with van der Waals surface area (Å²) in [4.78, 5) is 9.11. The summed E-state index contributed by atoms with van der Waals surface area (Å²) in [5, 5.41) is 0. The highest BCUT2D eigenvalue weighted by Crippen LogP contribution is 2.25. The first-order valence-corrected chi connectivity index (χ1v) is 7.30. The third-order valence-corrected chi connectivity index (χ3v) is 4.04. The van der Waals surface area contributed by atoms with Crippen LogP contribution in [-0.4, -0.2) is 33.1 Å². The second-order valence-electron chi connectivity index (χ2n) is 5.05. The molecule has 2 aromatic heterocycles. The van der Waals surface area contributed by atoms with Gasteiger partial charge in [-0.25, -0.2) is 9.97 Å². The molecule has 2 aromatic rings. The number of ether oxygens (including phenoxy) is 1. The zero-order valence-corrected chi connectivity index (χ0v) is 11.8. The molecule has 19 heavy (non-hydrogen) atoms. The number of rotatable bonds is 4. The van der Waals surface area contributed by atoms with Crippen molar-refractivity contribution in [3.63, 3.8) is 0 Å². The molecular formula is C14H18ClN3O. The highest BCUT2D eigenvalue weighted by Gasteiger charge is 2.26. The van der Waals surface area contributed by atoms with E-state index in [2.05, 4.69) is 21.5 Å². The summed E-state index contributed by atoms with van der Waals surface area (Å²) < 4.78 is 7.86. The van der Waals surface area contributed by atoms with Gasteiger partial charge in [0.1, 0.15) is 11.3 Å². The molecule has 3 rings (SSSR count). The van der Waals surface area contributed by atoms with Crippen LogP contribution in [0.2, 0.25) is 0 Å². The first-order valence-electron chi connectivity index (χ1n) is 6.77. The normalized spacial score (nSPS) is 23.3. The fraction of sp³-hybridized carbons (Fsp3) is 0.571. The van der Waals surface area contributed by atoms with E-state index in [1.165, 1.54) is 0 Å². The monoisotopic (exact) mass is 279 g/mol. The number of hydrogen-bond donors (Lipinski definition) is 0. The molecule has 0 bridgehead atoms. The van der Waals surface area contributed by atoms with E-state index in [1.54, 1.807) is 0 Å². The predicted octanol–water partition coefficient (Wildman–Crippen LogP) is 2.64. The lowest BCUT2D eigenvalue weighted by atomic mass is 10.0. The Morgan fingerprint density at radius 1 is 1.53 bits per heavy atom. The van der Waals surface area contributed by atoms with Gasteiger partial charge in [0.25, 0.3) is 0 Å². The number of pyridine rings is 1. The SMILES string of the molecule is CC1OCCC1Cn1c(CCCl)nc2cccnc21. The van der Waals surface area contributed by atoms with Crippen LogP contribution in [-0.2, 0) is 17.7 Å². The quantitative estimate of drug-likeness (QED) is 0.808. The molecule has 1 aliphatic heterocycles. The van der Waals surface area contributed by atoms with Gasteiger partial charge < -0.3 is 9.30 Å². The maximum absolute atomic E-state index is 5.88. The molecular weight excluding hydrogens is 262 g/mol. The molecule has 0 spiro atoms. The van der Waals surface area contributed by atoms with E-state index < -0.39 is 0 Å². The van der Waals surface area contributed by atoms with Crippen molar-refractivity contribution in [2.75, 3.05) is 12.5 Å². The molecule has 102 valence electrons. The van der Waals surface area contributed by atoms with Crippen molar-refractivity contribution in [2.24, 2.45) is 5.92 Å². The van der Waals surface area contributed by atoms with E-state index in [0.717, 1.165) is 43.0 Å². The minimum absolute atomic E-state index is 0.310. The lowest BCUT2D eigenvalue weighted by molar-refractivity contribution is 0.102. The van der Waals surface area contributed by atoms with Crippen LogP contribution >= 0.6 is 11.6 Å². The average Bonchev–Trinajstić information content (AvgIpc) is 2.96. The molecule has 5 heteroatoms. The van der Waals surface area contributed by atoms with Gasteiger partial charge in [0.15, 0.2) is 5.65 Å². The number of alkyl halides is 1. The topological polar surface area (TPSA) is 39.9 Å². The largest absolute Gasteiger partial charge is 0.378 e. The van der Waals surface area contributed by atoms with Gasteiger partial charge in [-0.3, -0.25) is 0 Å². The third-order valence-electron chi connectivity index (χ3n) is 3.85. The Morgan fingerprint density at radius 3 is 3.16 bits per heavy atom. The van der Waals surface area contributed by atoms with Gasteiger partial charge in [-0.2, -0.15) is 0 Å². The molecule has 0 amide bonds. The Hall–Kier alpha value is -1.13. The summed E-state index contributed by atoms with van der Waals surface area (Å²) in [6, 6.07) is 3.93. The average molecular weight is 280 g/mol. The van der Waals surface area contributed by atoms with E-state index in [1.807, 2.05) is 18.3 Å². The molecule has 1 fully saturated rings. The highest BCUT2D eigenvalue weighted by atomic mass is 35.5. The van der Waals surface area contributed by atoms with Crippen LogP contribution in [0, 0.1) is 5.92 Å². The Balaban J connectivity index is 1.97. The lowest BCUT2D eigenvalue weighted by Gasteiger charge is -2.16. The molecule has 3 heterocycles. The summed E-state index contributed by atoms with van der Waals surface area (Å²) in [6.07, 6.45) is 4.01. The number of imidazole rings is 1. The summed E-state index contributed by atoms with van der Waals surface area (Å²) in [5.41, 5.74) is 1.91. The standard InChI is InChI=1S/C14H18ClN3O/c1-10-11(5-8-19-10)9-18-13(4-6-15)17-12-3-2-7-16-14(12)18/h2-3,7,10-11H,4-6,8-9H2,1H3. The molecule has 0 saturated carbocycles. The molecule has 0 aromatic carbocycles. The van der Waals surface area contributed by atoms with Gasteiger partial charge in [-0.05, 0) is 25.5 Å². The van der Waals surface area contributed by atoms with Crippen LogP contribution in [0.3, 0.4) is 0 Å². The molecule has 1 saturated heterocycles. The first kappa shape index (κ1) is 12.9. The van der Waals surface area contributed by atoms with Crippen molar-refractivity contribution in [1.29, 1.82) is 0 Å². The van der Waals surface area contributed by atoms with Gasteiger partial charge in [0.05, 0.1) is 6.10 Å². The summed E-state index contributed by atoms with van der Waals surface area (Å²) in [5.74, 6) is 2.15. The Kier molecular flexibility index (Phi) is 3.71. The van der Waals surface area contributed by atoms with Gasteiger partial charge in [-0.1, -0.05) is 0 Å². The van der Waals surface area contributed by atoms with Crippen LogP contribution in [0.15, 0.2) is 18.3 Å². The number of aryl methyl sites for hydroxylation is 1. The van der Waals surface area contributed by atoms with Crippen molar-refractivity contribution in [2.45, 2.75) is 32.4 Å². The third kappa shape index (κ3) is 2.47. The second kappa shape index (κ2) is 5.47. The predicted molar refractivity (Wildman–Crippen MR) is 75.5 cm³/mol.